The van der Waals surface area contributed by atoms with Gasteiger partial charge in [0.25, 0.3) is 0 Å². The third-order valence-electron chi connectivity index (χ3n) is 3.05. The van der Waals surface area contributed by atoms with E-state index in [0.717, 1.165) is 19.6 Å². The summed E-state index contributed by atoms with van der Waals surface area (Å²) in [5, 5.41) is 0. The van der Waals surface area contributed by atoms with Gasteiger partial charge in [-0.15, -0.1) is 0 Å². The first-order chi connectivity index (χ1) is 7.52. The summed E-state index contributed by atoms with van der Waals surface area (Å²) >= 11 is 0. The maximum Gasteiger partial charge on any atom is 0.0230 e. The molecule has 1 atom stereocenters. The smallest absolute Gasteiger partial charge is 0.0230 e. The van der Waals surface area contributed by atoms with Crippen molar-refractivity contribution in [2.75, 3.05) is 20.1 Å². The summed E-state index contributed by atoms with van der Waals surface area (Å²) in [4.78, 5) is 2.33. The molecule has 0 aliphatic carbocycles. The van der Waals surface area contributed by atoms with Gasteiger partial charge in [0.15, 0.2) is 0 Å². The predicted octanol–water partition coefficient (Wildman–Crippen LogP) is 2.33. The van der Waals surface area contributed by atoms with E-state index < -0.39 is 0 Å². The van der Waals surface area contributed by atoms with Crippen LogP contribution in [-0.2, 0) is 6.54 Å². The maximum absolute atomic E-state index is 5.63. The van der Waals surface area contributed by atoms with Crippen LogP contribution in [0.1, 0.15) is 23.6 Å². The predicted molar refractivity (Wildman–Crippen MR) is 70.5 cm³/mol. The molecule has 0 amide bonds. The van der Waals surface area contributed by atoms with Crippen molar-refractivity contribution < 1.29 is 0 Å². The zero-order valence-electron chi connectivity index (χ0n) is 11.0. The molecule has 0 aliphatic rings. The number of hydrogen-bond acceptors (Lipinski definition) is 2. The van der Waals surface area contributed by atoms with Crippen LogP contribution in [0.3, 0.4) is 0 Å². The average Bonchev–Trinajstić information content (AvgIpc) is 2.23. The average molecular weight is 220 g/mol. The second-order valence-electron chi connectivity index (χ2n) is 4.96. The van der Waals surface area contributed by atoms with Crippen molar-refractivity contribution in [1.29, 1.82) is 0 Å². The van der Waals surface area contributed by atoms with Crippen LogP contribution in [0, 0.1) is 19.8 Å². The van der Waals surface area contributed by atoms with Gasteiger partial charge in [0.05, 0.1) is 0 Å². The van der Waals surface area contributed by atoms with Crippen LogP contribution in [0.15, 0.2) is 18.2 Å². The van der Waals surface area contributed by atoms with Crippen LogP contribution in [0.5, 0.6) is 0 Å². The molecule has 0 spiro atoms. The number of nitrogens with zero attached hydrogens (tertiary/aromatic N) is 1. The Hall–Kier alpha value is -0.860. The molecule has 1 aromatic carbocycles. The molecule has 0 bridgehead atoms. The van der Waals surface area contributed by atoms with Crippen LogP contribution < -0.4 is 5.73 Å². The van der Waals surface area contributed by atoms with Gasteiger partial charge in [-0.2, -0.15) is 0 Å². The third kappa shape index (κ3) is 3.95. The van der Waals surface area contributed by atoms with Crippen molar-refractivity contribution in [3.05, 3.63) is 34.9 Å². The molecular formula is C14H24N2. The van der Waals surface area contributed by atoms with Crippen LogP contribution in [0.25, 0.3) is 0 Å². The van der Waals surface area contributed by atoms with Crippen LogP contribution in [0.2, 0.25) is 0 Å². The molecule has 2 nitrogen and oxygen atoms in total. The Morgan fingerprint density at radius 2 is 1.94 bits per heavy atom. The number of benzene rings is 1. The molecule has 90 valence electrons. The van der Waals surface area contributed by atoms with E-state index in [1.54, 1.807) is 0 Å². The second-order valence-corrected chi connectivity index (χ2v) is 4.96. The van der Waals surface area contributed by atoms with E-state index in [2.05, 4.69) is 50.9 Å². The fourth-order valence-corrected chi connectivity index (χ4v) is 1.88. The number of hydrogen-bond donors (Lipinski definition) is 1. The lowest BCUT2D eigenvalue weighted by molar-refractivity contribution is 0.282. The van der Waals surface area contributed by atoms with Crippen LogP contribution in [-0.4, -0.2) is 25.0 Å². The third-order valence-corrected chi connectivity index (χ3v) is 3.05. The number of aryl methyl sites for hydroxylation is 2. The van der Waals surface area contributed by atoms with Gasteiger partial charge in [-0.3, -0.25) is 0 Å². The highest BCUT2D eigenvalue weighted by Gasteiger charge is 2.05. The highest BCUT2D eigenvalue weighted by molar-refractivity contribution is 5.29. The van der Waals surface area contributed by atoms with E-state index in [1.807, 2.05) is 0 Å². The van der Waals surface area contributed by atoms with Gasteiger partial charge >= 0.3 is 0 Å². The number of rotatable bonds is 5. The summed E-state index contributed by atoms with van der Waals surface area (Å²) in [6.45, 7) is 9.34. The van der Waals surface area contributed by atoms with Crippen molar-refractivity contribution in [3.63, 3.8) is 0 Å². The second kappa shape index (κ2) is 6.02. The zero-order chi connectivity index (χ0) is 12.1. The van der Waals surface area contributed by atoms with Gasteiger partial charge < -0.3 is 10.6 Å². The molecule has 0 saturated heterocycles. The Bertz CT molecular complexity index is 334. The summed E-state index contributed by atoms with van der Waals surface area (Å²) in [5.41, 5.74) is 9.75. The van der Waals surface area contributed by atoms with E-state index >= 15 is 0 Å². The van der Waals surface area contributed by atoms with Crippen molar-refractivity contribution >= 4 is 0 Å². The van der Waals surface area contributed by atoms with Gasteiger partial charge in [-0.1, -0.05) is 25.1 Å². The molecule has 1 unspecified atom stereocenters. The van der Waals surface area contributed by atoms with Gasteiger partial charge in [-0.25, -0.2) is 0 Å². The fraction of sp³-hybridized carbons (Fsp3) is 0.571. The van der Waals surface area contributed by atoms with Gasteiger partial charge in [0.1, 0.15) is 0 Å². The summed E-state index contributed by atoms with van der Waals surface area (Å²) < 4.78 is 0. The SMILES string of the molecule is Cc1ccc(CN(C)CC(C)CN)cc1C. The molecule has 0 heterocycles. The van der Waals surface area contributed by atoms with E-state index in [9.17, 15) is 0 Å². The summed E-state index contributed by atoms with van der Waals surface area (Å²) in [6.07, 6.45) is 0. The molecule has 2 N–H and O–H groups in total. The molecule has 0 saturated carbocycles. The molecule has 0 fully saturated rings. The molecule has 0 aliphatic heterocycles. The molecule has 2 heteroatoms. The van der Waals surface area contributed by atoms with Crippen molar-refractivity contribution in [2.24, 2.45) is 11.7 Å². The Kier molecular flexibility index (Phi) is 4.97. The highest BCUT2D eigenvalue weighted by atomic mass is 15.1. The van der Waals surface area contributed by atoms with Crippen molar-refractivity contribution in [3.8, 4) is 0 Å². The first-order valence-corrected chi connectivity index (χ1v) is 5.97. The monoisotopic (exact) mass is 220 g/mol. The summed E-state index contributed by atoms with van der Waals surface area (Å²) in [6, 6.07) is 6.69. The lowest BCUT2D eigenvalue weighted by Gasteiger charge is -2.20. The van der Waals surface area contributed by atoms with Gasteiger partial charge in [0.2, 0.25) is 0 Å². The van der Waals surface area contributed by atoms with Crippen LogP contribution >= 0.6 is 0 Å². The Morgan fingerprint density at radius 1 is 1.25 bits per heavy atom. The van der Waals surface area contributed by atoms with E-state index in [4.69, 9.17) is 5.73 Å². The minimum absolute atomic E-state index is 0.566. The Labute approximate surface area is 99.5 Å². The minimum atomic E-state index is 0.566. The number of nitrogens with two attached hydrogens (primary N) is 1. The standard InChI is InChI=1S/C14H24N2/c1-11(8-15)9-16(4)10-14-6-5-12(2)13(3)7-14/h5-7,11H,8-10,15H2,1-4H3. The molecule has 16 heavy (non-hydrogen) atoms. The van der Waals surface area contributed by atoms with E-state index in [0.29, 0.717) is 5.92 Å². The Morgan fingerprint density at radius 3 is 2.50 bits per heavy atom. The van der Waals surface area contributed by atoms with Crippen molar-refractivity contribution in [1.82, 2.24) is 4.90 Å². The molecule has 1 aromatic rings. The van der Waals surface area contributed by atoms with Crippen LogP contribution in [0.4, 0.5) is 0 Å². The van der Waals surface area contributed by atoms with E-state index in [-0.39, 0.29) is 0 Å². The zero-order valence-corrected chi connectivity index (χ0v) is 11.0. The molecule has 1 rings (SSSR count). The highest BCUT2D eigenvalue weighted by Crippen LogP contribution is 2.11. The largest absolute Gasteiger partial charge is 0.330 e. The lowest BCUT2D eigenvalue weighted by Crippen LogP contribution is -2.28. The first kappa shape index (κ1) is 13.2. The lowest BCUT2D eigenvalue weighted by atomic mass is 10.1. The normalized spacial score (nSPS) is 13.1. The molecule has 0 radical (unpaired) electrons. The topological polar surface area (TPSA) is 29.3 Å². The first-order valence-electron chi connectivity index (χ1n) is 5.97. The van der Waals surface area contributed by atoms with E-state index in [1.165, 1.54) is 16.7 Å². The molecule has 0 aromatic heterocycles. The molecular weight excluding hydrogens is 196 g/mol. The van der Waals surface area contributed by atoms with Crippen molar-refractivity contribution in [2.45, 2.75) is 27.3 Å². The summed E-state index contributed by atoms with van der Waals surface area (Å²) in [5.74, 6) is 0.566. The quantitative estimate of drug-likeness (QED) is 0.825. The van der Waals surface area contributed by atoms with Gasteiger partial charge in [0, 0.05) is 13.1 Å². The fourth-order valence-electron chi connectivity index (χ4n) is 1.88. The maximum atomic E-state index is 5.63. The summed E-state index contributed by atoms with van der Waals surface area (Å²) in [7, 11) is 2.15. The Balaban J connectivity index is 2.56. The minimum Gasteiger partial charge on any atom is -0.330 e. The van der Waals surface area contributed by atoms with Gasteiger partial charge in [-0.05, 0) is 50.0 Å².